The summed E-state index contributed by atoms with van der Waals surface area (Å²) in [6.45, 7) is 1.52. The van der Waals surface area contributed by atoms with Crippen LogP contribution in [0, 0.1) is 0 Å². The van der Waals surface area contributed by atoms with E-state index in [9.17, 15) is 4.79 Å². The maximum atomic E-state index is 12.8. The van der Waals surface area contributed by atoms with Crippen LogP contribution in [0.2, 0.25) is 0 Å². The summed E-state index contributed by atoms with van der Waals surface area (Å²) in [4.78, 5) is 23.8. The number of nitrogens with zero attached hydrogens (tertiary/aromatic N) is 3. The number of methoxy groups -OCH3 is 1. The quantitative estimate of drug-likeness (QED) is 0.661. The van der Waals surface area contributed by atoms with E-state index in [1.807, 2.05) is 53.4 Å². The highest BCUT2D eigenvalue weighted by Gasteiger charge is 2.26. The Balaban J connectivity index is 1.50. The molecule has 4 rings (SSSR count). The Labute approximate surface area is 171 Å². The highest BCUT2D eigenvalue weighted by molar-refractivity contribution is 5.78. The monoisotopic (exact) mass is 387 g/mol. The molecule has 1 saturated heterocycles. The lowest BCUT2D eigenvalue weighted by Gasteiger charge is -2.32. The average molecular weight is 387 g/mol. The number of rotatable bonds is 5. The molecular weight excluding hydrogens is 362 g/mol. The predicted molar refractivity (Wildman–Crippen MR) is 113 cm³/mol. The minimum atomic E-state index is 0.156. The van der Waals surface area contributed by atoms with Gasteiger partial charge in [0.05, 0.1) is 19.2 Å². The third kappa shape index (κ3) is 4.45. The third-order valence-corrected chi connectivity index (χ3v) is 5.42. The smallest absolute Gasteiger partial charge is 0.227 e. The number of para-hydroxylation sites is 1. The van der Waals surface area contributed by atoms with Crippen molar-refractivity contribution in [3.05, 3.63) is 78.2 Å². The van der Waals surface area contributed by atoms with Crippen LogP contribution in [0.4, 0.5) is 0 Å². The van der Waals surface area contributed by atoms with Gasteiger partial charge in [0, 0.05) is 42.7 Å². The molecule has 0 N–H and O–H groups in total. The van der Waals surface area contributed by atoms with Gasteiger partial charge in [-0.2, -0.15) is 0 Å². The fraction of sp³-hybridized carbons (Fsp3) is 0.292. The van der Waals surface area contributed by atoms with E-state index in [0.717, 1.165) is 47.7 Å². The van der Waals surface area contributed by atoms with E-state index in [4.69, 9.17) is 9.72 Å². The van der Waals surface area contributed by atoms with Crippen LogP contribution in [0.3, 0.4) is 0 Å². The SMILES string of the molecule is COc1ccccc1-c1cccc([C@H]2CCCN(C(=O)Cc3cccnc3)C2)n1. The zero-order valence-corrected chi connectivity index (χ0v) is 16.6. The van der Waals surface area contributed by atoms with Gasteiger partial charge in [-0.1, -0.05) is 24.3 Å². The summed E-state index contributed by atoms with van der Waals surface area (Å²) in [5, 5.41) is 0. The molecule has 1 aliphatic heterocycles. The van der Waals surface area contributed by atoms with E-state index in [1.54, 1.807) is 19.5 Å². The fourth-order valence-corrected chi connectivity index (χ4v) is 3.92. The molecule has 29 heavy (non-hydrogen) atoms. The molecule has 1 aliphatic rings. The lowest BCUT2D eigenvalue weighted by atomic mass is 9.93. The van der Waals surface area contributed by atoms with Gasteiger partial charge in [0.15, 0.2) is 0 Å². The van der Waals surface area contributed by atoms with Crippen molar-refractivity contribution < 1.29 is 9.53 Å². The van der Waals surface area contributed by atoms with Gasteiger partial charge in [-0.25, -0.2) is 0 Å². The standard InChI is InChI=1S/C24H25N3O2/c1-29-23-12-3-2-9-20(23)22-11-4-10-21(26-22)19-8-6-14-27(17-19)24(28)15-18-7-5-13-25-16-18/h2-5,7,9-13,16,19H,6,8,14-15,17H2,1H3/t19-/m0/s1. The van der Waals surface area contributed by atoms with Crippen LogP contribution in [0.5, 0.6) is 5.75 Å². The van der Waals surface area contributed by atoms with Gasteiger partial charge < -0.3 is 9.64 Å². The minimum Gasteiger partial charge on any atom is -0.496 e. The first-order chi connectivity index (χ1) is 14.2. The first kappa shape index (κ1) is 19.1. The number of amides is 1. The second-order valence-electron chi connectivity index (χ2n) is 7.36. The van der Waals surface area contributed by atoms with Gasteiger partial charge in [-0.05, 0) is 48.7 Å². The van der Waals surface area contributed by atoms with Crippen molar-refractivity contribution in [1.82, 2.24) is 14.9 Å². The summed E-state index contributed by atoms with van der Waals surface area (Å²) in [5.41, 5.74) is 3.87. The number of carbonyl (C=O) groups excluding carboxylic acids is 1. The van der Waals surface area contributed by atoms with E-state index < -0.39 is 0 Å². The van der Waals surface area contributed by atoms with Gasteiger partial charge >= 0.3 is 0 Å². The van der Waals surface area contributed by atoms with Gasteiger partial charge in [0.25, 0.3) is 0 Å². The van der Waals surface area contributed by atoms with Gasteiger partial charge in [0.2, 0.25) is 5.91 Å². The molecule has 0 bridgehead atoms. The van der Waals surface area contributed by atoms with Crippen molar-refractivity contribution in [2.75, 3.05) is 20.2 Å². The lowest BCUT2D eigenvalue weighted by molar-refractivity contribution is -0.131. The summed E-state index contributed by atoms with van der Waals surface area (Å²) >= 11 is 0. The summed E-state index contributed by atoms with van der Waals surface area (Å²) in [6.07, 6.45) is 5.92. The highest BCUT2D eigenvalue weighted by Crippen LogP contribution is 2.31. The Morgan fingerprint density at radius 1 is 1.14 bits per heavy atom. The average Bonchev–Trinajstić information content (AvgIpc) is 2.80. The van der Waals surface area contributed by atoms with Crippen LogP contribution >= 0.6 is 0 Å². The van der Waals surface area contributed by atoms with Crippen LogP contribution in [0.25, 0.3) is 11.3 Å². The normalized spacial score (nSPS) is 16.4. The van der Waals surface area contributed by atoms with E-state index in [1.165, 1.54) is 0 Å². The molecule has 5 nitrogen and oxygen atoms in total. The fourth-order valence-electron chi connectivity index (χ4n) is 3.92. The molecule has 0 spiro atoms. The number of hydrogen-bond donors (Lipinski definition) is 0. The van der Waals surface area contributed by atoms with Crippen LogP contribution in [0.1, 0.15) is 30.0 Å². The largest absolute Gasteiger partial charge is 0.496 e. The predicted octanol–water partition coefficient (Wildman–Crippen LogP) is 4.10. The lowest BCUT2D eigenvalue weighted by Crippen LogP contribution is -2.40. The summed E-state index contributed by atoms with van der Waals surface area (Å²) in [7, 11) is 1.68. The molecule has 1 aromatic carbocycles. The second kappa shape index (κ2) is 8.86. The van der Waals surface area contributed by atoms with E-state index >= 15 is 0 Å². The molecule has 1 atom stereocenters. The van der Waals surface area contributed by atoms with Crippen molar-refractivity contribution in [2.45, 2.75) is 25.2 Å². The molecular formula is C24H25N3O2. The Bertz CT molecular complexity index is 975. The van der Waals surface area contributed by atoms with Gasteiger partial charge in [-0.3, -0.25) is 14.8 Å². The van der Waals surface area contributed by atoms with Crippen molar-refractivity contribution in [3.63, 3.8) is 0 Å². The molecule has 5 heteroatoms. The molecule has 148 valence electrons. The molecule has 3 aromatic rings. The minimum absolute atomic E-state index is 0.156. The molecule has 1 amide bonds. The number of ether oxygens (including phenoxy) is 1. The number of likely N-dealkylation sites (tertiary alicyclic amines) is 1. The summed E-state index contributed by atoms with van der Waals surface area (Å²) < 4.78 is 5.49. The zero-order valence-electron chi connectivity index (χ0n) is 16.6. The van der Waals surface area contributed by atoms with Crippen LogP contribution in [-0.2, 0) is 11.2 Å². The zero-order chi connectivity index (χ0) is 20.1. The van der Waals surface area contributed by atoms with Crippen molar-refractivity contribution in [2.24, 2.45) is 0 Å². The molecule has 0 unspecified atom stereocenters. The van der Waals surface area contributed by atoms with E-state index in [2.05, 4.69) is 11.1 Å². The number of benzene rings is 1. The second-order valence-corrected chi connectivity index (χ2v) is 7.36. The maximum absolute atomic E-state index is 12.8. The topological polar surface area (TPSA) is 55.3 Å². The number of piperidine rings is 1. The first-order valence-corrected chi connectivity index (χ1v) is 10.0. The molecule has 1 fully saturated rings. The summed E-state index contributed by atoms with van der Waals surface area (Å²) in [6, 6.07) is 17.9. The van der Waals surface area contributed by atoms with Gasteiger partial charge in [-0.15, -0.1) is 0 Å². The molecule has 0 radical (unpaired) electrons. The van der Waals surface area contributed by atoms with Crippen LogP contribution < -0.4 is 4.74 Å². The Morgan fingerprint density at radius 3 is 2.86 bits per heavy atom. The molecule has 3 heterocycles. The van der Waals surface area contributed by atoms with Crippen molar-refractivity contribution >= 4 is 5.91 Å². The van der Waals surface area contributed by atoms with Crippen molar-refractivity contribution in [3.8, 4) is 17.0 Å². The first-order valence-electron chi connectivity index (χ1n) is 10.0. The van der Waals surface area contributed by atoms with Crippen LogP contribution in [0.15, 0.2) is 67.0 Å². The Hall–Kier alpha value is -3.21. The van der Waals surface area contributed by atoms with E-state index in [-0.39, 0.29) is 11.8 Å². The molecule has 0 saturated carbocycles. The third-order valence-electron chi connectivity index (χ3n) is 5.42. The molecule has 2 aromatic heterocycles. The van der Waals surface area contributed by atoms with E-state index in [0.29, 0.717) is 13.0 Å². The highest BCUT2D eigenvalue weighted by atomic mass is 16.5. The van der Waals surface area contributed by atoms with Gasteiger partial charge in [0.1, 0.15) is 5.75 Å². The number of aromatic nitrogens is 2. The number of carbonyl (C=O) groups is 1. The maximum Gasteiger partial charge on any atom is 0.227 e. The Morgan fingerprint density at radius 2 is 2.03 bits per heavy atom. The van der Waals surface area contributed by atoms with Crippen molar-refractivity contribution in [1.29, 1.82) is 0 Å². The summed E-state index contributed by atoms with van der Waals surface area (Å²) in [5.74, 6) is 1.22. The molecule has 0 aliphatic carbocycles. The number of hydrogen-bond acceptors (Lipinski definition) is 4. The van der Waals surface area contributed by atoms with Crippen LogP contribution in [-0.4, -0.2) is 41.0 Å². The number of pyridine rings is 2. The Kier molecular flexibility index (Phi) is 5.84.